The van der Waals surface area contributed by atoms with Crippen molar-refractivity contribution in [2.75, 3.05) is 0 Å². The number of fused-ring (bicyclic) bond motifs is 16. The van der Waals surface area contributed by atoms with Gasteiger partial charge in [-0.05, 0) is 64.0 Å². The summed E-state index contributed by atoms with van der Waals surface area (Å²) in [6.45, 7) is 0. The van der Waals surface area contributed by atoms with Crippen LogP contribution in [0.25, 0.3) is 113 Å². The Hall–Kier alpha value is -6.49. The molecule has 0 amide bonds. The molecule has 0 saturated carbocycles. The molecule has 0 aliphatic carbocycles. The van der Waals surface area contributed by atoms with Crippen LogP contribution >= 0.6 is 11.3 Å². The van der Waals surface area contributed by atoms with Crippen LogP contribution < -0.4 is 0 Å². The third kappa shape index (κ3) is 3.69. The number of hydrogen-bond donors (Lipinski definition) is 0. The molecule has 0 bridgehead atoms. The number of nitrogens with zero attached hydrogens (tertiary/aromatic N) is 2. The van der Waals surface area contributed by atoms with Crippen molar-refractivity contribution in [1.82, 2.24) is 9.55 Å². The third-order valence-electron chi connectivity index (χ3n) is 10.8. The van der Waals surface area contributed by atoms with Crippen LogP contribution in [0.15, 0.2) is 162 Å². The van der Waals surface area contributed by atoms with Gasteiger partial charge in [0.15, 0.2) is 0 Å². The summed E-state index contributed by atoms with van der Waals surface area (Å²) in [5.74, 6) is 0. The average molecular weight is 667 g/mol. The Morgan fingerprint density at radius 2 is 1.08 bits per heavy atom. The van der Waals surface area contributed by atoms with Crippen molar-refractivity contribution in [2.45, 2.75) is 0 Å². The van der Waals surface area contributed by atoms with E-state index in [-0.39, 0.29) is 0 Å². The Bertz CT molecular complexity index is 3420. The predicted molar refractivity (Wildman–Crippen MR) is 217 cm³/mol. The van der Waals surface area contributed by atoms with Gasteiger partial charge in [0.25, 0.3) is 0 Å². The Kier molecular flexibility index (Phi) is 5.38. The van der Waals surface area contributed by atoms with Crippen LogP contribution in [0.1, 0.15) is 0 Å². The van der Waals surface area contributed by atoms with Crippen molar-refractivity contribution in [2.24, 2.45) is 0 Å². The van der Waals surface area contributed by atoms with E-state index >= 15 is 0 Å². The summed E-state index contributed by atoms with van der Waals surface area (Å²) in [4.78, 5) is 6.63. The maximum atomic E-state index is 6.39. The highest BCUT2D eigenvalue weighted by atomic mass is 32.1. The first-order chi connectivity index (χ1) is 25.3. The van der Waals surface area contributed by atoms with E-state index in [2.05, 4.69) is 156 Å². The molecule has 3 nitrogen and oxygen atoms in total. The highest BCUT2D eigenvalue weighted by molar-refractivity contribution is 7.25. The lowest BCUT2D eigenvalue weighted by Gasteiger charge is -2.16. The molecule has 4 heteroatoms. The van der Waals surface area contributed by atoms with E-state index < -0.39 is 0 Å². The molecule has 0 saturated heterocycles. The van der Waals surface area contributed by atoms with E-state index in [4.69, 9.17) is 9.40 Å². The van der Waals surface area contributed by atoms with Gasteiger partial charge in [-0.25, -0.2) is 4.98 Å². The second kappa shape index (κ2) is 10.0. The molecule has 12 aromatic rings. The summed E-state index contributed by atoms with van der Waals surface area (Å²) in [6, 6.07) is 56.8. The quantitative estimate of drug-likeness (QED) is 0.172. The molecule has 4 heterocycles. The van der Waals surface area contributed by atoms with E-state index in [1.807, 2.05) is 17.4 Å². The molecule has 0 N–H and O–H groups in total. The fourth-order valence-corrected chi connectivity index (χ4v) is 9.82. The van der Waals surface area contributed by atoms with Crippen LogP contribution in [0.2, 0.25) is 0 Å². The molecule has 0 fully saturated rings. The van der Waals surface area contributed by atoms with E-state index in [1.165, 1.54) is 68.9 Å². The first kappa shape index (κ1) is 27.3. The molecule has 0 aliphatic heterocycles. The number of aromatic nitrogens is 2. The monoisotopic (exact) mass is 666 g/mol. The Balaban J connectivity index is 1.15. The van der Waals surface area contributed by atoms with Crippen molar-refractivity contribution < 1.29 is 4.42 Å². The molecular weight excluding hydrogens is 641 g/mol. The number of thiophene rings is 1. The SMILES string of the molecule is c1ccc2c(c1)nc(-c1ccc(-n3c4cc5c(cc4c4c6ccccc6sc43)oc3ccccc35)cc1)c1c3ccccc3c3ccccc3c21. The van der Waals surface area contributed by atoms with Crippen molar-refractivity contribution in [3.05, 3.63) is 158 Å². The number of pyridine rings is 1. The molecule has 236 valence electrons. The zero-order valence-electron chi connectivity index (χ0n) is 27.2. The summed E-state index contributed by atoms with van der Waals surface area (Å²) in [6.07, 6.45) is 0. The first-order valence-electron chi connectivity index (χ1n) is 17.3. The van der Waals surface area contributed by atoms with E-state index in [0.29, 0.717) is 0 Å². The number of rotatable bonds is 2. The lowest BCUT2D eigenvalue weighted by molar-refractivity contribution is 0.669. The second-order valence-corrected chi connectivity index (χ2v) is 14.5. The van der Waals surface area contributed by atoms with E-state index in [9.17, 15) is 0 Å². The van der Waals surface area contributed by atoms with Crippen molar-refractivity contribution in [1.29, 1.82) is 0 Å². The van der Waals surface area contributed by atoms with Crippen LogP contribution in [0.5, 0.6) is 0 Å². The predicted octanol–water partition coefficient (Wildman–Crippen LogP) is 13.6. The molecule has 4 aromatic heterocycles. The molecule has 12 rings (SSSR count). The smallest absolute Gasteiger partial charge is 0.136 e. The highest BCUT2D eigenvalue weighted by Crippen LogP contribution is 2.46. The fraction of sp³-hybridized carbons (Fsp3) is 0. The minimum absolute atomic E-state index is 0.915. The van der Waals surface area contributed by atoms with Gasteiger partial charge in [-0.1, -0.05) is 115 Å². The summed E-state index contributed by atoms with van der Waals surface area (Å²) >= 11 is 1.85. The topological polar surface area (TPSA) is 31.0 Å². The number of furan rings is 1. The average Bonchev–Trinajstić information content (AvgIpc) is 3.85. The molecule has 0 radical (unpaired) electrons. The molecule has 0 spiro atoms. The van der Waals surface area contributed by atoms with Gasteiger partial charge in [0.2, 0.25) is 0 Å². The normalized spacial score (nSPS) is 12.3. The van der Waals surface area contributed by atoms with Gasteiger partial charge in [-0.3, -0.25) is 0 Å². The largest absolute Gasteiger partial charge is 0.456 e. The molecule has 8 aromatic carbocycles. The third-order valence-corrected chi connectivity index (χ3v) is 11.9. The van der Waals surface area contributed by atoms with Crippen LogP contribution in [0.4, 0.5) is 0 Å². The van der Waals surface area contributed by atoms with Gasteiger partial charge < -0.3 is 8.98 Å². The molecular formula is C47H26N2OS. The van der Waals surface area contributed by atoms with E-state index in [1.54, 1.807) is 0 Å². The highest BCUT2D eigenvalue weighted by Gasteiger charge is 2.21. The molecule has 0 atom stereocenters. The Morgan fingerprint density at radius 1 is 0.451 bits per heavy atom. The van der Waals surface area contributed by atoms with Gasteiger partial charge in [0, 0.05) is 59.0 Å². The summed E-state index contributed by atoms with van der Waals surface area (Å²) in [5, 5.41) is 14.7. The maximum absolute atomic E-state index is 6.39. The minimum atomic E-state index is 0.915. The minimum Gasteiger partial charge on any atom is -0.456 e. The number of para-hydroxylation sites is 2. The van der Waals surface area contributed by atoms with Crippen molar-refractivity contribution in [3.8, 4) is 16.9 Å². The lowest BCUT2D eigenvalue weighted by Crippen LogP contribution is -1.95. The number of benzene rings is 8. The van der Waals surface area contributed by atoms with E-state index in [0.717, 1.165) is 44.4 Å². The Morgan fingerprint density at radius 3 is 1.86 bits per heavy atom. The van der Waals surface area contributed by atoms with Gasteiger partial charge in [-0.2, -0.15) is 0 Å². The molecule has 0 unspecified atom stereocenters. The van der Waals surface area contributed by atoms with Gasteiger partial charge >= 0.3 is 0 Å². The summed E-state index contributed by atoms with van der Waals surface area (Å²) in [5.41, 5.74) is 7.25. The van der Waals surface area contributed by atoms with Crippen LogP contribution in [0.3, 0.4) is 0 Å². The van der Waals surface area contributed by atoms with Gasteiger partial charge in [0.05, 0.1) is 16.7 Å². The van der Waals surface area contributed by atoms with Gasteiger partial charge in [0.1, 0.15) is 16.0 Å². The summed E-state index contributed by atoms with van der Waals surface area (Å²) < 4.78 is 10.1. The second-order valence-electron chi connectivity index (χ2n) is 13.4. The van der Waals surface area contributed by atoms with Crippen molar-refractivity contribution >= 4 is 108 Å². The van der Waals surface area contributed by atoms with Crippen LogP contribution in [0, 0.1) is 0 Å². The zero-order valence-corrected chi connectivity index (χ0v) is 28.0. The first-order valence-corrected chi connectivity index (χ1v) is 18.1. The van der Waals surface area contributed by atoms with Gasteiger partial charge in [-0.15, -0.1) is 11.3 Å². The molecule has 0 aliphatic rings. The summed E-state index contributed by atoms with van der Waals surface area (Å²) in [7, 11) is 0. The van der Waals surface area contributed by atoms with Crippen LogP contribution in [-0.2, 0) is 0 Å². The Labute approximate surface area is 295 Å². The van der Waals surface area contributed by atoms with Crippen LogP contribution in [-0.4, -0.2) is 9.55 Å². The maximum Gasteiger partial charge on any atom is 0.136 e. The fourth-order valence-electron chi connectivity index (χ4n) is 8.56. The lowest BCUT2D eigenvalue weighted by atomic mass is 9.90. The standard InChI is InChI=1S/C47H26N2OS/c1-3-14-32-29(11-1)30-12-2-4-15-33(30)45-43(32)34-16-5-8-18-38(34)48-46(45)27-21-23-28(24-22-27)49-39-25-36-31-13-6-9-19-40(31)50-41(36)26-37(39)44-35-17-7-10-20-42(35)51-47(44)49/h1-26H. The molecule has 51 heavy (non-hydrogen) atoms. The van der Waals surface area contributed by atoms with Crippen molar-refractivity contribution in [3.63, 3.8) is 0 Å². The number of hydrogen-bond acceptors (Lipinski definition) is 3. The zero-order chi connectivity index (χ0) is 33.2.